The van der Waals surface area contributed by atoms with Crippen molar-refractivity contribution in [2.45, 2.75) is 18.9 Å². The van der Waals surface area contributed by atoms with Crippen LogP contribution in [0, 0.1) is 12.7 Å². The Morgan fingerprint density at radius 1 is 1.33 bits per heavy atom. The van der Waals surface area contributed by atoms with E-state index in [-0.39, 0.29) is 11.6 Å². The van der Waals surface area contributed by atoms with Crippen LogP contribution in [0.15, 0.2) is 40.9 Å². The SMILES string of the molecule is Cc1cc(C(O)C(CN)c2cccc(Cl)c2F)ccc1Br. The summed E-state index contributed by atoms with van der Waals surface area (Å²) in [5.74, 6) is -1.08. The number of halogens is 3. The monoisotopic (exact) mass is 371 g/mol. The minimum atomic E-state index is -0.894. The van der Waals surface area contributed by atoms with Crippen LogP contribution in [0.3, 0.4) is 0 Å². The second-order valence-electron chi connectivity index (χ2n) is 4.94. The number of aliphatic hydroxyl groups is 1. The summed E-state index contributed by atoms with van der Waals surface area (Å²) in [6, 6.07) is 10.3. The Morgan fingerprint density at radius 2 is 2.05 bits per heavy atom. The lowest BCUT2D eigenvalue weighted by Gasteiger charge is -2.23. The predicted molar refractivity (Wildman–Crippen MR) is 87.0 cm³/mol. The first kappa shape index (κ1) is 16.4. The molecule has 0 spiro atoms. The lowest BCUT2D eigenvalue weighted by molar-refractivity contribution is 0.145. The van der Waals surface area contributed by atoms with Gasteiger partial charge in [0.1, 0.15) is 5.82 Å². The second kappa shape index (κ2) is 6.88. The highest BCUT2D eigenvalue weighted by Crippen LogP contribution is 2.34. The molecular formula is C16H16BrClFNO. The Kier molecular flexibility index (Phi) is 5.38. The maximum Gasteiger partial charge on any atom is 0.145 e. The Hall–Kier alpha value is -0.940. The van der Waals surface area contributed by atoms with Crippen LogP contribution in [-0.4, -0.2) is 11.7 Å². The van der Waals surface area contributed by atoms with Crippen LogP contribution in [0.5, 0.6) is 0 Å². The fraction of sp³-hybridized carbons (Fsp3) is 0.250. The molecule has 2 atom stereocenters. The van der Waals surface area contributed by atoms with Gasteiger partial charge in [-0.25, -0.2) is 4.39 Å². The average molecular weight is 373 g/mol. The van der Waals surface area contributed by atoms with Gasteiger partial charge in [0, 0.05) is 16.9 Å². The van der Waals surface area contributed by atoms with Crippen LogP contribution in [-0.2, 0) is 0 Å². The molecule has 2 rings (SSSR count). The molecule has 2 aromatic carbocycles. The molecule has 21 heavy (non-hydrogen) atoms. The summed E-state index contributed by atoms with van der Waals surface area (Å²) in [6.07, 6.45) is -0.894. The first-order valence-corrected chi connectivity index (χ1v) is 7.71. The number of rotatable bonds is 4. The standard InChI is InChI=1S/C16H16BrClFNO/c1-9-7-10(5-6-13(9)17)16(21)12(8-20)11-3-2-4-14(18)15(11)19/h2-7,12,16,21H,8,20H2,1H3. The van der Waals surface area contributed by atoms with Crippen molar-refractivity contribution >= 4 is 27.5 Å². The highest BCUT2D eigenvalue weighted by Gasteiger charge is 2.25. The minimum absolute atomic E-state index is 0.0325. The van der Waals surface area contributed by atoms with Gasteiger partial charge in [-0.2, -0.15) is 0 Å². The van der Waals surface area contributed by atoms with Crippen molar-refractivity contribution in [3.8, 4) is 0 Å². The summed E-state index contributed by atoms with van der Waals surface area (Å²) >= 11 is 9.22. The summed E-state index contributed by atoms with van der Waals surface area (Å²) < 4.78 is 15.1. The van der Waals surface area contributed by atoms with Crippen molar-refractivity contribution < 1.29 is 9.50 Å². The first-order valence-electron chi connectivity index (χ1n) is 6.53. The highest BCUT2D eigenvalue weighted by molar-refractivity contribution is 9.10. The summed E-state index contributed by atoms with van der Waals surface area (Å²) in [4.78, 5) is 0. The van der Waals surface area contributed by atoms with Crippen LogP contribution in [0.2, 0.25) is 5.02 Å². The molecule has 2 unspecified atom stereocenters. The lowest BCUT2D eigenvalue weighted by atomic mass is 9.88. The third kappa shape index (κ3) is 3.46. The zero-order chi connectivity index (χ0) is 15.6. The average Bonchev–Trinajstić information content (AvgIpc) is 2.47. The van der Waals surface area contributed by atoms with Gasteiger partial charge < -0.3 is 10.8 Å². The van der Waals surface area contributed by atoms with E-state index in [4.69, 9.17) is 17.3 Å². The normalized spacial score (nSPS) is 14.0. The summed E-state index contributed by atoms with van der Waals surface area (Å²) in [7, 11) is 0. The third-order valence-electron chi connectivity index (χ3n) is 3.54. The van der Waals surface area contributed by atoms with E-state index in [0.717, 1.165) is 10.0 Å². The van der Waals surface area contributed by atoms with Crippen molar-refractivity contribution in [3.05, 3.63) is 68.4 Å². The van der Waals surface area contributed by atoms with E-state index in [2.05, 4.69) is 15.9 Å². The first-order chi connectivity index (χ1) is 9.95. The van der Waals surface area contributed by atoms with E-state index in [1.807, 2.05) is 19.1 Å². The van der Waals surface area contributed by atoms with Crippen molar-refractivity contribution in [3.63, 3.8) is 0 Å². The molecule has 0 aliphatic heterocycles. The van der Waals surface area contributed by atoms with Gasteiger partial charge in [-0.05, 0) is 35.7 Å². The Morgan fingerprint density at radius 3 is 2.67 bits per heavy atom. The number of aliphatic hydroxyl groups excluding tert-OH is 1. The molecule has 0 aliphatic rings. The number of hydrogen-bond donors (Lipinski definition) is 2. The van der Waals surface area contributed by atoms with E-state index in [1.165, 1.54) is 6.07 Å². The quantitative estimate of drug-likeness (QED) is 0.839. The van der Waals surface area contributed by atoms with Crippen LogP contribution < -0.4 is 5.73 Å². The van der Waals surface area contributed by atoms with Gasteiger partial charge in [0.15, 0.2) is 0 Å². The second-order valence-corrected chi connectivity index (χ2v) is 6.20. The Bertz CT molecular complexity index is 650. The van der Waals surface area contributed by atoms with Gasteiger partial charge in [0.05, 0.1) is 11.1 Å². The fourth-order valence-corrected chi connectivity index (χ4v) is 2.75. The van der Waals surface area contributed by atoms with E-state index in [1.54, 1.807) is 18.2 Å². The minimum Gasteiger partial charge on any atom is -0.388 e. The lowest BCUT2D eigenvalue weighted by Crippen LogP contribution is -2.21. The maximum absolute atomic E-state index is 14.2. The molecule has 0 saturated carbocycles. The molecule has 2 nitrogen and oxygen atoms in total. The third-order valence-corrected chi connectivity index (χ3v) is 4.72. The van der Waals surface area contributed by atoms with E-state index >= 15 is 0 Å². The van der Waals surface area contributed by atoms with Gasteiger partial charge in [0.25, 0.3) is 0 Å². The summed E-state index contributed by atoms with van der Waals surface area (Å²) in [5, 5.41) is 10.6. The van der Waals surface area contributed by atoms with E-state index in [9.17, 15) is 9.50 Å². The molecule has 0 saturated heterocycles. The molecule has 0 aromatic heterocycles. The van der Waals surface area contributed by atoms with E-state index in [0.29, 0.717) is 11.1 Å². The smallest absolute Gasteiger partial charge is 0.145 e. The van der Waals surface area contributed by atoms with Crippen molar-refractivity contribution in [1.29, 1.82) is 0 Å². The van der Waals surface area contributed by atoms with Gasteiger partial charge in [-0.15, -0.1) is 0 Å². The largest absolute Gasteiger partial charge is 0.388 e. The zero-order valence-electron chi connectivity index (χ0n) is 11.5. The summed E-state index contributed by atoms with van der Waals surface area (Å²) in [6.45, 7) is 2.05. The van der Waals surface area contributed by atoms with Gasteiger partial charge in [0.2, 0.25) is 0 Å². The van der Waals surface area contributed by atoms with Gasteiger partial charge in [-0.1, -0.05) is 51.8 Å². The highest BCUT2D eigenvalue weighted by atomic mass is 79.9. The molecule has 0 heterocycles. The van der Waals surface area contributed by atoms with Crippen LogP contribution in [0.25, 0.3) is 0 Å². The maximum atomic E-state index is 14.2. The van der Waals surface area contributed by atoms with Crippen LogP contribution in [0.1, 0.15) is 28.7 Å². The Labute approximate surface area is 136 Å². The number of hydrogen-bond acceptors (Lipinski definition) is 2. The molecule has 0 fully saturated rings. The van der Waals surface area contributed by atoms with Gasteiger partial charge in [-0.3, -0.25) is 0 Å². The molecule has 0 aliphatic carbocycles. The fourth-order valence-electron chi connectivity index (χ4n) is 2.32. The zero-order valence-corrected chi connectivity index (χ0v) is 13.8. The molecule has 0 radical (unpaired) electrons. The topological polar surface area (TPSA) is 46.2 Å². The molecule has 3 N–H and O–H groups in total. The van der Waals surface area contributed by atoms with Crippen LogP contribution >= 0.6 is 27.5 Å². The molecule has 2 aromatic rings. The molecule has 0 bridgehead atoms. The number of aryl methyl sites for hydroxylation is 1. The molecule has 112 valence electrons. The van der Waals surface area contributed by atoms with Crippen molar-refractivity contribution in [2.24, 2.45) is 5.73 Å². The molecule has 0 amide bonds. The number of benzene rings is 2. The van der Waals surface area contributed by atoms with Crippen molar-refractivity contribution in [1.82, 2.24) is 0 Å². The molecule has 5 heteroatoms. The Balaban J connectivity index is 2.40. The predicted octanol–water partition coefficient (Wildman–Crippen LogP) is 4.33. The van der Waals surface area contributed by atoms with Crippen LogP contribution in [0.4, 0.5) is 4.39 Å². The summed E-state index contributed by atoms with van der Waals surface area (Å²) in [5.41, 5.74) is 7.78. The van der Waals surface area contributed by atoms with Gasteiger partial charge >= 0.3 is 0 Å². The van der Waals surface area contributed by atoms with Crippen molar-refractivity contribution in [2.75, 3.05) is 6.54 Å². The molecular weight excluding hydrogens is 357 g/mol. The van der Waals surface area contributed by atoms with E-state index < -0.39 is 17.8 Å². The number of nitrogens with two attached hydrogens (primary N) is 1.